The first-order valence-corrected chi connectivity index (χ1v) is 9.27. The molecule has 1 atom stereocenters. The zero-order valence-electron chi connectivity index (χ0n) is 14.4. The summed E-state index contributed by atoms with van der Waals surface area (Å²) >= 11 is 1.46. The fraction of sp³-hybridized carbons (Fsp3) is 0.471. The van der Waals surface area contributed by atoms with E-state index in [4.69, 9.17) is 4.52 Å². The molecule has 1 fully saturated rings. The molecule has 25 heavy (non-hydrogen) atoms. The van der Waals surface area contributed by atoms with Crippen molar-refractivity contribution in [1.29, 1.82) is 0 Å². The average Bonchev–Trinajstić information content (AvgIpc) is 3.27. The minimum atomic E-state index is -0.240. The Morgan fingerprint density at radius 3 is 2.68 bits per heavy atom. The van der Waals surface area contributed by atoms with Crippen LogP contribution in [0.5, 0.6) is 0 Å². The maximum Gasteiger partial charge on any atom is 0.264 e. The number of thiophene rings is 1. The van der Waals surface area contributed by atoms with Crippen LogP contribution >= 0.6 is 11.3 Å². The Morgan fingerprint density at radius 1 is 1.36 bits per heavy atom. The fourth-order valence-corrected chi connectivity index (χ4v) is 3.73. The van der Waals surface area contributed by atoms with Crippen molar-refractivity contribution in [2.24, 2.45) is 0 Å². The number of nitrogens with zero attached hydrogens (tertiary/aromatic N) is 3. The molecular weight excluding hydrogens is 340 g/mol. The smallest absolute Gasteiger partial charge is 0.264 e. The summed E-state index contributed by atoms with van der Waals surface area (Å²) in [6.07, 6.45) is 0.696. The first kappa shape index (κ1) is 17.6. The van der Waals surface area contributed by atoms with Crippen molar-refractivity contribution >= 4 is 29.0 Å². The van der Waals surface area contributed by atoms with Gasteiger partial charge in [-0.15, -0.1) is 11.3 Å². The Hall–Kier alpha value is -2.19. The first-order chi connectivity index (χ1) is 12.1. The molecule has 1 aliphatic rings. The number of hydrogen-bond donors (Lipinski definition) is 1. The van der Waals surface area contributed by atoms with Crippen LogP contribution in [0.4, 0.5) is 5.82 Å². The number of rotatable bonds is 5. The SMILES string of the molecule is CCC(C(=O)Nc1cc(C)on1)N1CCN(C(=O)c2cccs2)CC1. The lowest BCUT2D eigenvalue weighted by Gasteiger charge is -2.38. The Balaban J connectivity index is 1.56. The highest BCUT2D eigenvalue weighted by Gasteiger charge is 2.30. The lowest BCUT2D eigenvalue weighted by molar-refractivity contribution is -0.122. The molecule has 3 heterocycles. The third kappa shape index (κ3) is 4.08. The molecule has 134 valence electrons. The van der Waals surface area contributed by atoms with Crippen LogP contribution in [-0.4, -0.2) is 59.0 Å². The van der Waals surface area contributed by atoms with Crippen molar-refractivity contribution in [1.82, 2.24) is 15.0 Å². The Morgan fingerprint density at radius 2 is 2.12 bits per heavy atom. The van der Waals surface area contributed by atoms with Crippen LogP contribution < -0.4 is 5.32 Å². The Labute approximate surface area is 150 Å². The van der Waals surface area contributed by atoms with Crippen LogP contribution in [0.15, 0.2) is 28.1 Å². The van der Waals surface area contributed by atoms with E-state index in [0.717, 1.165) is 4.88 Å². The number of amides is 2. The minimum absolute atomic E-state index is 0.0743. The summed E-state index contributed by atoms with van der Waals surface area (Å²) in [5, 5.41) is 8.52. The van der Waals surface area contributed by atoms with Gasteiger partial charge in [-0.05, 0) is 24.8 Å². The maximum absolute atomic E-state index is 12.5. The normalized spacial score (nSPS) is 16.6. The maximum atomic E-state index is 12.5. The van der Waals surface area contributed by atoms with E-state index in [1.807, 2.05) is 29.3 Å². The largest absolute Gasteiger partial charge is 0.360 e. The van der Waals surface area contributed by atoms with Gasteiger partial charge < -0.3 is 14.7 Å². The van der Waals surface area contributed by atoms with Gasteiger partial charge >= 0.3 is 0 Å². The summed E-state index contributed by atoms with van der Waals surface area (Å²) in [6.45, 7) is 6.39. The molecule has 1 N–H and O–H groups in total. The summed E-state index contributed by atoms with van der Waals surface area (Å²) < 4.78 is 4.98. The van der Waals surface area contributed by atoms with Crippen LogP contribution in [0, 0.1) is 6.92 Å². The van der Waals surface area contributed by atoms with Gasteiger partial charge in [-0.1, -0.05) is 18.1 Å². The number of piperazine rings is 1. The number of carbonyl (C=O) groups is 2. The molecule has 0 aliphatic carbocycles. The van der Waals surface area contributed by atoms with E-state index in [-0.39, 0.29) is 17.9 Å². The lowest BCUT2D eigenvalue weighted by atomic mass is 10.1. The minimum Gasteiger partial charge on any atom is -0.360 e. The summed E-state index contributed by atoms with van der Waals surface area (Å²) in [5.41, 5.74) is 0. The molecule has 7 nitrogen and oxygen atoms in total. The number of anilines is 1. The van der Waals surface area contributed by atoms with Crippen molar-refractivity contribution < 1.29 is 14.1 Å². The molecule has 8 heteroatoms. The van der Waals surface area contributed by atoms with E-state index >= 15 is 0 Å². The molecular formula is C17H22N4O3S. The highest BCUT2D eigenvalue weighted by Crippen LogP contribution is 2.17. The zero-order valence-corrected chi connectivity index (χ0v) is 15.2. The quantitative estimate of drug-likeness (QED) is 0.882. The van der Waals surface area contributed by atoms with E-state index in [2.05, 4.69) is 15.4 Å². The predicted molar refractivity (Wildman–Crippen MR) is 95.7 cm³/mol. The van der Waals surface area contributed by atoms with Crippen molar-refractivity contribution in [2.75, 3.05) is 31.5 Å². The van der Waals surface area contributed by atoms with Gasteiger partial charge in [0.05, 0.1) is 10.9 Å². The van der Waals surface area contributed by atoms with Crippen LogP contribution in [-0.2, 0) is 4.79 Å². The molecule has 0 radical (unpaired) electrons. The summed E-state index contributed by atoms with van der Waals surface area (Å²) in [4.78, 5) is 29.7. The highest BCUT2D eigenvalue weighted by molar-refractivity contribution is 7.12. The van der Waals surface area contributed by atoms with E-state index in [1.165, 1.54) is 11.3 Å². The molecule has 1 unspecified atom stereocenters. The first-order valence-electron chi connectivity index (χ1n) is 8.39. The molecule has 2 aromatic heterocycles. The average molecular weight is 362 g/mol. The molecule has 2 aromatic rings. The van der Waals surface area contributed by atoms with Gasteiger partial charge in [0.25, 0.3) is 5.91 Å². The predicted octanol–water partition coefficient (Wildman–Crippen LogP) is 2.22. The van der Waals surface area contributed by atoms with Crippen LogP contribution in [0.3, 0.4) is 0 Å². The van der Waals surface area contributed by atoms with E-state index < -0.39 is 0 Å². The van der Waals surface area contributed by atoms with Gasteiger partial charge in [0.15, 0.2) is 5.82 Å². The molecule has 2 amide bonds. The summed E-state index contributed by atoms with van der Waals surface area (Å²) in [5.74, 6) is 1.08. The molecule has 1 saturated heterocycles. The van der Waals surface area contributed by atoms with Crippen LogP contribution in [0.2, 0.25) is 0 Å². The standard InChI is InChI=1S/C17H22N4O3S/c1-3-13(16(22)18-15-11-12(2)24-19-15)20-6-8-21(9-7-20)17(23)14-5-4-10-25-14/h4-5,10-11,13H,3,6-9H2,1-2H3,(H,18,19,22). The van der Waals surface area contributed by atoms with Gasteiger partial charge in [-0.2, -0.15) is 0 Å². The zero-order chi connectivity index (χ0) is 17.8. The van der Waals surface area contributed by atoms with E-state index in [1.54, 1.807) is 13.0 Å². The molecule has 1 aliphatic heterocycles. The summed E-state index contributed by atoms with van der Waals surface area (Å²) in [7, 11) is 0. The van der Waals surface area contributed by atoms with Gasteiger partial charge in [0.1, 0.15) is 5.76 Å². The van der Waals surface area contributed by atoms with Crippen molar-refractivity contribution in [3.05, 3.63) is 34.2 Å². The Kier molecular flexibility index (Phi) is 5.50. The molecule has 0 bridgehead atoms. The summed E-state index contributed by atoms with van der Waals surface area (Å²) in [6, 6.07) is 5.19. The molecule has 0 spiro atoms. The number of aryl methyl sites for hydroxylation is 1. The second-order valence-corrected chi connectivity index (χ2v) is 6.99. The van der Waals surface area contributed by atoms with Crippen molar-refractivity contribution in [3.8, 4) is 0 Å². The topological polar surface area (TPSA) is 78.7 Å². The highest BCUT2D eigenvalue weighted by atomic mass is 32.1. The van der Waals surface area contributed by atoms with Crippen molar-refractivity contribution in [2.45, 2.75) is 26.3 Å². The number of nitrogens with one attached hydrogen (secondary N) is 1. The van der Waals surface area contributed by atoms with Gasteiger partial charge in [-0.3, -0.25) is 14.5 Å². The van der Waals surface area contributed by atoms with Crippen molar-refractivity contribution in [3.63, 3.8) is 0 Å². The van der Waals surface area contributed by atoms with Gasteiger partial charge in [0.2, 0.25) is 5.91 Å². The van der Waals surface area contributed by atoms with E-state index in [9.17, 15) is 9.59 Å². The van der Waals surface area contributed by atoms with Crippen LogP contribution in [0.1, 0.15) is 28.8 Å². The van der Waals surface area contributed by atoms with Crippen LogP contribution in [0.25, 0.3) is 0 Å². The Bertz CT molecular complexity index is 720. The molecule has 0 saturated carbocycles. The molecule has 0 aromatic carbocycles. The monoisotopic (exact) mass is 362 g/mol. The third-order valence-corrected chi connectivity index (χ3v) is 5.20. The number of hydrogen-bond acceptors (Lipinski definition) is 6. The second kappa shape index (κ2) is 7.79. The molecule has 3 rings (SSSR count). The lowest BCUT2D eigenvalue weighted by Crippen LogP contribution is -2.54. The third-order valence-electron chi connectivity index (χ3n) is 4.34. The van der Waals surface area contributed by atoms with Gasteiger partial charge in [0, 0.05) is 32.2 Å². The number of carbonyl (C=O) groups excluding carboxylic acids is 2. The van der Waals surface area contributed by atoms with Gasteiger partial charge in [-0.25, -0.2) is 0 Å². The number of aromatic nitrogens is 1. The fourth-order valence-electron chi connectivity index (χ4n) is 3.04. The van der Waals surface area contributed by atoms with E-state index in [0.29, 0.717) is 44.2 Å². The second-order valence-electron chi connectivity index (χ2n) is 6.04.